The molecule has 1 aromatic rings. The Morgan fingerprint density at radius 1 is 1.21 bits per heavy atom. The van der Waals surface area contributed by atoms with Gasteiger partial charge in [0.25, 0.3) is 0 Å². The molecule has 2 atom stereocenters. The predicted octanol–water partition coefficient (Wildman–Crippen LogP) is 1.99. The van der Waals surface area contributed by atoms with Crippen molar-refractivity contribution in [3.05, 3.63) is 35.6 Å². The molecule has 0 saturated carbocycles. The first kappa shape index (κ1) is 13.3. The molecule has 1 heterocycles. The van der Waals surface area contributed by atoms with Gasteiger partial charge in [-0.05, 0) is 24.1 Å². The number of carboxylic acid groups (broad SMARTS) is 2. The van der Waals surface area contributed by atoms with Gasteiger partial charge in [-0.3, -0.25) is 4.79 Å². The standard InChI is InChI=1S/C13H14FNO4/c14-9-3-1-8(2-4-9)10-5-6-15(13(18)19)7-11(10)12(16)17/h1-4,10-11H,5-7H2,(H,16,17)(H,18,19)/t10-,11+/m0/s1. The molecule has 2 N–H and O–H groups in total. The van der Waals surface area contributed by atoms with Crippen molar-refractivity contribution in [3.8, 4) is 0 Å². The quantitative estimate of drug-likeness (QED) is 0.859. The van der Waals surface area contributed by atoms with E-state index in [2.05, 4.69) is 0 Å². The Balaban J connectivity index is 2.22. The van der Waals surface area contributed by atoms with Crippen LogP contribution in [0.1, 0.15) is 17.9 Å². The minimum Gasteiger partial charge on any atom is -0.481 e. The Labute approximate surface area is 109 Å². The van der Waals surface area contributed by atoms with Crippen molar-refractivity contribution < 1.29 is 24.2 Å². The van der Waals surface area contributed by atoms with Crippen molar-refractivity contribution >= 4 is 12.1 Å². The van der Waals surface area contributed by atoms with E-state index in [4.69, 9.17) is 5.11 Å². The highest BCUT2D eigenvalue weighted by atomic mass is 19.1. The van der Waals surface area contributed by atoms with Gasteiger partial charge in [0.05, 0.1) is 5.92 Å². The highest BCUT2D eigenvalue weighted by molar-refractivity contribution is 5.74. The van der Waals surface area contributed by atoms with Crippen LogP contribution in [-0.2, 0) is 4.79 Å². The molecule has 102 valence electrons. The fourth-order valence-corrected chi connectivity index (χ4v) is 2.48. The van der Waals surface area contributed by atoms with E-state index in [0.29, 0.717) is 13.0 Å². The number of hydrogen-bond donors (Lipinski definition) is 2. The molecule has 0 spiro atoms. The summed E-state index contributed by atoms with van der Waals surface area (Å²) in [6, 6.07) is 5.70. The molecule has 5 nitrogen and oxygen atoms in total. The van der Waals surface area contributed by atoms with Gasteiger partial charge >= 0.3 is 12.1 Å². The van der Waals surface area contributed by atoms with Crippen molar-refractivity contribution in [3.63, 3.8) is 0 Å². The summed E-state index contributed by atoms with van der Waals surface area (Å²) in [5.74, 6) is -2.48. The number of nitrogens with zero attached hydrogens (tertiary/aromatic N) is 1. The number of carbonyl (C=O) groups is 2. The molecular weight excluding hydrogens is 253 g/mol. The molecule has 1 aliphatic rings. The fraction of sp³-hybridized carbons (Fsp3) is 0.385. The second-order valence-corrected chi connectivity index (χ2v) is 4.62. The lowest BCUT2D eigenvalue weighted by molar-refractivity contribution is -0.144. The van der Waals surface area contributed by atoms with E-state index in [9.17, 15) is 19.1 Å². The zero-order valence-electron chi connectivity index (χ0n) is 10.1. The molecule has 2 rings (SSSR count). The third-order valence-corrected chi connectivity index (χ3v) is 3.50. The van der Waals surface area contributed by atoms with Gasteiger partial charge in [-0.15, -0.1) is 0 Å². The fourth-order valence-electron chi connectivity index (χ4n) is 2.48. The van der Waals surface area contributed by atoms with Gasteiger partial charge in [-0.2, -0.15) is 0 Å². The number of rotatable bonds is 2. The Bertz CT molecular complexity index is 488. The summed E-state index contributed by atoms with van der Waals surface area (Å²) in [5.41, 5.74) is 0.735. The summed E-state index contributed by atoms with van der Waals surface area (Å²) in [4.78, 5) is 23.3. The summed E-state index contributed by atoms with van der Waals surface area (Å²) in [6.07, 6.45) is -0.682. The number of likely N-dealkylation sites (tertiary alicyclic amines) is 1. The van der Waals surface area contributed by atoms with Gasteiger partial charge in [-0.25, -0.2) is 9.18 Å². The second-order valence-electron chi connectivity index (χ2n) is 4.62. The number of carboxylic acids is 1. The molecule has 1 fully saturated rings. The van der Waals surface area contributed by atoms with E-state index < -0.39 is 18.0 Å². The SMILES string of the molecule is O=C(O)[C@@H]1CN(C(=O)O)CC[C@H]1c1ccc(F)cc1. The maximum absolute atomic E-state index is 12.9. The van der Waals surface area contributed by atoms with Crippen molar-refractivity contribution in [2.24, 2.45) is 5.92 Å². The maximum atomic E-state index is 12.9. The molecule has 19 heavy (non-hydrogen) atoms. The van der Waals surface area contributed by atoms with Gasteiger partial charge in [0.1, 0.15) is 5.82 Å². The van der Waals surface area contributed by atoms with Crippen LogP contribution in [0.25, 0.3) is 0 Å². The van der Waals surface area contributed by atoms with Crippen LogP contribution < -0.4 is 0 Å². The molecule has 0 radical (unpaired) electrons. The lowest BCUT2D eigenvalue weighted by Crippen LogP contribution is -2.45. The van der Waals surface area contributed by atoms with Crippen LogP contribution in [0.15, 0.2) is 24.3 Å². The summed E-state index contributed by atoms with van der Waals surface area (Å²) >= 11 is 0. The number of amides is 1. The van der Waals surface area contributed by atoms with E-state index in [1.165, 1.54) is 12.1 Å². The number of aliphatic carboxylic acids is 1. The average Bonchev–Trinajstić information content (AvgIpc) is 2.38. The smallest absolute Gasteiger partial charge is 0.407 e. The van der Waals surface area contributed by atoms with Crippen molar-refractivity contribution in [2.75, 3.05) is 13.1 Å². The van der Waals surface area contributed by atoms with Crippen LogP contribution in [0.4, 0.5) is 9.18 Å². The largest absolute Gasteiger partial charge is 0.481 e. The van der Waals surface area contributed by atoms with E-state index in [1.54, 1.807) is 12.1 Å². The average molecular weight is 267 g/mol. The number of halogens is 1. The van der Waals surface area contributed by atoms with Crippen molar-refractivity contribution in [1.82, 2.24) is 4.90 Å². The van der Waals surface area contributed by atoms with Crippen LogP contribution in [0.5, 0.6) is 0 Å². The highest BCUT2D eigenvalue weighted by Gasteiger charge is 2.36. The lowest BCUT2D eigenvalue weighted by Gasteiger charge is -2.35. The second kappa shape index (κ2) is 5.26. The summed E-state index contributed by atoms with van der Waals surface area (Å²) in [6.45, 7) is 0.258. The van der Waals surface area contributed by atoms with Crippen molar-refractivity contribution in [2.45, 2.75) is 12.3 Å². The van der Waals surface area contributed by atoms with Crippen molar-refractivity contribution in [1.29, 1.82) is 0 Å². The molecule has 1 amide bonds. The molecule has 1 saturated heterocycles. The van der Waals surface area contributed by atoms with Gasteiger partial charge in [-0.1, -0.05) is 12.1 Å². The third-order valence-electron chi connectivity index (χ3n) is 3.50. The molecule has 0 bridgehead atoms. The van der Waals surface area contributed by atoms with E-state index >= 15 is 0 Å². The van der Waals surface area contributed by atoms with Crippen LogP contribution >= 0.6 is 0 Å². The van der Waals surface area contributed by atoms with Crippen LogP contribution in [-0.4, -0.2) is 40.3 Å². The van der Waals surface area contributed by atoms with E-state index in [0.717, 1.165) is 10.5 Å². The Hall–Kier alpha value is -2.11. The zero-order chi connectivity index (χ0) is 14.0. The normalized spacial score (nSPS) is 23.1. The predicted molar refractivity (Wildman–Crippen MR) is 64.5 cm³/mol. The number of piperidine rings is 1. The summed E-state index contributed by atoms with van der Waals surface area (Å²) in [5, 5.41) is 18.1. The summed E-state index contributed by atoms with van der Waals surface area (Å²) < 4.78 is 12.9. The highest BCUT2D eigenvalue weighted by Crippen LogP contribution is 2.33. The van der Waals surface area contributed by atoms with E-state index in [-0.39, 0.29) is 18.3 Å². The minimum absolute atomic E-state index is 0.0350. The molecule has 1 aromatic carbocycles. The molecule has 0 unspecified atom stereocenters. The van der Waals surface area contributed by atoms with E-state index in [1.807, 2.05) is 0 Å². The Kier molecular flexibility index (Phi) is 3.69. The van der Waals surface area contributed by atoms with Crippen LogP contribution in [0.2, 0.25) is 0 Å². The molecule has 1 aliphatic heterocycles. The lowest BCUT2D eigenvalue weighted by atomic mass is 9.80. The zero-order valence-corrected chi connectivity index (χ0v) is 10.1. The summed E-state index contributed by atoms with van der Waals surface area (Å²) in [7, 11) is 0. The molecule has 0 aromatic heterocycles. The van der Waals surface area contributed by atoms with Crippen LogP contribution in [0.3, 0.4) is 0 Å². The number of hydrogen-bond acceptors (Lipinski definition) is 2. The molecule has 0 aliphatic carbocycles. The monoisotopic (exact) mass is 267 g/mol. The topological polar surface area (TPSA) is 77.8 Å². The van der Waals surface area contributed by atoms with Gasteiger partial charge in [0.15, 0.2) is 0 Å². The van der Waals surface area contributed by atoms with Gasteiger partial charge in [0, 0.05) is 19.0 Å². The first-order valence-electron chi connectivity index (χ1n) is 5.95. The Morgan fingerprint density at radius 2 is 1.84 bits per heavy atom. The number of benzene rings is 1. The molecule has 6 heteroatoms. The third kappa shape index (κ3) is 2.83. The van der Waals surface area contributed by atoms with Crippen LogP contribution in [0, 0.1) is 11.7 Å². The maximum Gasteiger partial charge on any atom is 0.407 e. The first-order valence-corrected chi connectivity index (χ1v) is 5.95. The Morgan fingerprint density at radius 3 is 2.37 bits per heavy atom. The first-order chi connectivity index (χ1) is 8.99. The minimum atomic E-state index is -1.11. The molecular formula is C13H14FNO4. The van der Waals surface area contributed by atoms with Gasteiger partial charge < -0.3 is 15.1 Å². The van der Waals surface area contributed by atoms with Gasteiger partial charge in [0.2, 0.25) is 0 Å².